The summed E-state index contributed by atoms with van der Waals surface area (Å²) in [6.07, 6.45) is 1.30. The highest BCUT2D eigenvalue weighted by Crippen LogP contribution is 2.51. The van der Waals surface area contributed by atoms with Crippen LogP contribution < -0.4 is 4.74 Å². The monoisotopic (exact) mass is 496 g/mol. The molecule has 0 saturated heterocycles. The third kappa shape index (κ3) is 5.33. The fraction of sp³-hybridized carbons (Fsp3) is 0.320. The van der Waals surface area contributed by atoms with Gasteiger partial charge in [0.1, 0.15) is 5.75 Å². The van der Waals surface area contributed by atoms with E-state index in [4.69, 9.17) is 27.9 Å². The van der Waals surface area contributed by atoms with Gasteiger partial charge in [-0.25, -0.2) is 0 Å². The van der Waals surface area contributed by atoms with E-state index in [1.54, 1.807) is 44.2 Å². The van der Waals surface area contributed by atoms with E-state index in [0.29, 0.717) is 11.3 Å². The van der Waals surface area contributed by atoms with Gasteiger partial charge in [-0.1, -0.05) is 85.6 Å². The SMILES string of the molecule is CC(C)C(Cc1ccccc1)(C(=O)O)C1=CC(Cl)=C(OC(F)F)C(Cl)(Oc2ccccc2)C1. The molecule has 0 bridgehead atoms. The Morgan fingerprint density at radius 2 is 1.70 bits per heavy atom. The zero-order valence-corrected chi connectivity index (χ0v) is 19.6. The second-order valence-corrected chi connectivity index (χ2v) is 9.16. The van der Waals surface area contributed by atoms with Gasteiger partial charge in [0.15, 0.2) is 5.76 Å². The zero-order chi connectivity index (χ0) is 24.2. The minimum Gasteiger partial charge on any atom is -0.481 e. The number of ether oxygens (including phenoxy) is 2. The Morgan fingerprint density at radius 1 is 1.12 bits per heavy atom. The van der Waals surface area contributed by atoms with Crippen LogP contribution in [0.4, 0.5) is 8.78 Å². The average Bonchev–Trinajstić information content (AvgIpc) is 2.75. The van der Waals surface area contributed by atoms with E-state index >= 15 is 0 Å². The Bertz CT molecular complexity index is 1040. The molecule has 2 aromatic rings. The van der Waals surface area contributed by atoms with Crippen LogP contribution in [-0.2, 0) is 16.0 Å². The number of hydrogen-bond donors (Lipinski definition) is 1. The Hall–Kier alpha value is -2.57. The number of hydrogen-bond acceptors (Lipinski definition) is 3. The third-order valence-electron chi connectivity index (χ3n) is 5.77. The van der Waals surface area contributed by atoms with E-state index in [9.17, 15) is 18.7 Å². The maximum atomic E-state index is 13.2. The van der Waals surface area contributed by atoms with Gasteiger partial charge in [0.05, 0.1) is 10.4 Å². The van der Waals surface area contributed by atoms with Crippen LogP contribution in [0.15, 0.2) is 83.1 Å². The Kier molecular flexibility index (Phi) is 7.70. The van der Waals surface area contributed by atoms with Crippen molar-refractivity contribution < 1.29 is 28.2 Å². The van der Waals surface area contributed by atoms with Crippen molar-refractivity contribution in [2.45, 2.75) is 38.4 Å². The maximum Gasteiger partial charge on any atom is 0.387 e. The molecule has 176 valence electrons. The summed E-state index contributed by atoms with van der Waals surface area (Å²) in [6, 6.07) is 17.5. The minimum atomic E-state index is -3.19. The van der Waals surface area contributed by atoms with Crippen molar-refractivity contribution >= 4 is 29.2 Å². The molecular formula is C25H24Cl2F2O4. The zero-order valence-electron chi connectivity index (χ0n) is 18.1. The van der Waals surface area contributed by atoms with Crippen LogP contribution in [-0.4, -0.2) is 22.7 Å². The molecule has 8 heteroatoms. The second-order valence-electron chi connectivity index (χ2n) is 8.14. The standard InChI is InChI=1S/C25H24Cl2F2O4/c1-16(2)24(22(30)31,14-17-9-5-3-6-10-17)18-13-20(26)21(32-23(28)29)25(27,15-18)33-19-11-7-4-8-12-19/h3-13,16,23H,14-15H2,1-2H3,(H,30,31). The minimum absolute atomic E-state index is 0.153. The number of alkyl halides is 3. The topological polar surface area (TPSA) is 55.8 Å². The molecule has 2 aromatic carbocycles. The van der Waals surface area contributed by atoms with Gasteiger partial charge in [-0.3, -0.25) is 4.79 Å². The molecule has 1 aliphatic carbocycles. The predicted molar refractivity (Wildman–Crippen MR) is 123 cm³/mol. The van der Waals surface area contributed by atoms with E-state index in [1.807, 2.05) is 30.3 Å². The van der Waals surface area contributed by atoms with Gasteiger partial charge in [-0.2, -0.15) is 8.78 Å². The lowest BCUT2D eigenvalue weighted by Gasteiger charge is -2.42. The highest BCUT2D eigenvalue weighted by atomic mass is 35.5. The third-order valence-corrected chi connectivity index (χ3v) is 6.43. The predicted octanol–water partition coefficient (Wildman–Crippen LogP) is 6.99. The van der Waals surface area contributed by atoms with Crippen LogP contribution >= 0.6 is 23.2 Å². The molecule has 1 aliphatic rings. The van der Waals surface area contributed by atoms with Crippen LogP contribution in [0.2, 0.25) is 0 Å². The Morgan fingerprint density at radius 3 is 2.21 bits per heavy atom. The van der Waals surface area contributed by atoms with Gasteiger partial charge in [0.25, 0.3) is 0 Å². The molecule has 33 heavy (non-hydrogen) atoms. The lowest BCUT2D eigenvalue weighted by atomic mass is 9.65. The van der Waals surface area contributed by atoms with Crippen molar-refractivity contribution in [3.63, 3.8) is 0 Å². The van der Waals surface area contributed by atoms with Gasteiger partial charge in [-0.15, -0.1) is 0 Å². The van der Waals surface area contributed by atoms with Crippen molar-refractivity contribution in [3.05, 3.63) is 88.7 Å². The van der Waals surface area contributed by atoms with Crippen LogP contribution in [0.1, 0.15) is 25.8 Å². The lowest BCUT2D eigenvalue weighted by Crippen LogP contribution is -2.46. The summed E-state index contributed by atoms with van der Waals surface area (Å²) < 4.78 is 37.0. The largest absolute Gasteiger partial charge is 0.481 e. The van der Waals surface area contributed by atoms with Gasteiger partial charge in [0, 0.05) is 6.42 Å². The molecule has 3 rings (SSSR count). The molecule has 0 fully saturated rings. The molecule has 0 heterocycles. The first-order valence-corrected chi connectivity index (χ1v) is 11.1. The summed E-state index contributed by atoms with van der Waals surface area (Å²) >= 11 is 13.1. The molecule has 0 aliphatic heterocycles. The summed E-state index contributed by atoms with van der Waals surface area (Å²) in [5.41, 5.74) is -0.266. The fourth-order valence-electron chi connectivity index (χ4n) is 4.12. The number of aliphatic carboxylic acids is 1. The second kappa shape index (κ2) is 10.1. The van der Waals surface area contributed by atoms with Crippen molar-refractivity contribution in [1.82, 2.24) is 0 Å². The number of halogens is 4. The molecule has 0 aromatic heterocycles. The summed E-state index contributed by atoms with van der Waals surface area (Å²) in [5.74, 6) is -1.63. The highest BCUT2D eigenvalue weighted by molar-refractivity contribution is 6.34. The van der Waals surface area contributed by atoms with E-state index in [0.717, 1.165) is 5.56 Å². The van der Waals surface area contributed by atoms with E-state index in [-0.39, 0.29) is 23.8 Å². The Balaban J connectivity index is 2.14. The fourth-order valence-corrected chi connectivity index (χ4v) is 4.87. The van der Waals surface area contributed by atoms with Crippen LogP contribution in [0.5, 0.6) is 5.75 Å². The van der Waals surface area contributed by atoms with Crippen molar-refractivity contribution in [3.8, 4) is 5.75 Å². The first kappa shape index (κ1) is 25.1. The summed E-state index contributed by atoms with van der Waals surface area (Å²) in [6.45, 7) is 0.378. The number of allylic oxidation sites excluding steroid dienone is 2. The van der Waals surface area contributed by atoms with Crippen LogP contribution in [0.3, 0.4) is 0 Å². The molecule has 2 unspecified atom stereocenters. The van der Waals surface area contributed by atoms with E-state index < -0.39 is 28.8 Å². The number of benzene rings is 2. The van der Waals surface area contributed by atoms with Crippen LogP contribution in [0, 0.1) is 11.3 Å². The first-order valence-electron chi connectivity index (χ1n) is 10.3. The van der Waals surface area contributed by atoms with Gasteiger partial charge >= 0.3 is 12.6 Å². The Labute approximate surface area is 201 Å². The number of carbonyl (C=O) groups is 1. The average molecular weight is 497 g/mol. The van der Waals surface area contributed by atoms with Crippen molar-refractivity contribution in [2.24, 2.45) is 11.3 Å². The number of carboxylic acid groups (broad SMARTS) is 1. The number of para-hydroxylation sites is 1. The van der Waals surface area contributed by atoms with Gasteiger partial charge in [0.2, 0.25) is 5.06 Å². The molecule has 0 spiro atoms. The first-order chi connectivity index (χ1) is 15.6. The van der Waals surface area contributed by atoms with Crippen LogP contribution in [0.25, 0.3) is 0 Å². The van der Waals surface area contributed by atoms with E-state index in [2.05, 4.69) is 4.74 Å². The lowest BCUT2D eigenvalue weighted by molar-refractivity contribution is -0.149. The molecule has 0 amide bonds. The smallest absolute Gasteiger partial charge is 0.387 e. The maximum absolute atomic E-state index is 13.2. The normalized spacial score (nSPS) is 20.4. The number of carboxylic acids is 1. The quantitative estimate of drug-likeness (QED) is 0.380. The molecule has 0 saturated carbocycles. The van der Waals surface area contributed by atoms with E-state index in [1.165, 1.54) is 6.08 Å². The summed E-state index contributed by atoms with van der Waals surface area (Å²) in [7, 11) is 0. The summed E-state index contributed by atoms with van der Waals surface area (Å²) in [5, 5.41) is 8.23. The van der Waals surface area contributed by atoms with Crippen molar-refractivity contribution in [1.29, 1.82) is 0 Å². The van der Waals surface area contributed by atoms with Gasteiger partial charge in [-0.05, 0) is 41.7 Å². The highest BCUT2D eigenvalue weighted by Gasteiger charge is 2.52. The van der Waals surface area contributed by atoms with Gasteiger partial charge < -0.3 is 14.6 Å². The molecule has 1 N–H and O–H groups in total. The van der Waals surface area contributed by atoms with Crippen molar-refractivity contribution in [2.75, 3.05) is 0 Å². The summed E-state index contributed by atoms with van der Waals surface area (Å²) in [4.78, 5) is 12.8. The molecule has 0 radical (unpaired) electrons. The number of rotatable bonds is 9. The molecule has 2 atom stereocenters. The molecular weight excluding hydrogens is 473 g/mol. The molecule has 4 nitrogen and oxygen atoms in total.